The number of hydrogen-bond donors (Lipinski definition) is 2. The summed E-state index contributed by atoms with van der Waals surface area (Å²) < 4.78 is 4.78. The highest BCUT2D eigenvalue weighted by molar-refractivity contribution is 6.19. The second kappa shape index (κ2) is 6.79. The summed E-state index contributed by atoms with van der Waals surface area (Å²) >= 11 is 0. The maximum atomic E-state index is 11.6. The normalized spacial score (nSPS) is 12.9. The van der Waals surface area contributed by atoms with Crippen LogP contribution in [0.5, 0.6) is 0 Å². The number of benzene rings is 1. The molecule has 0 aromatic heterocycles. The minimum absolute atomic E-state index is 0.0649. The van der Waals surface area contributed by atoms with Crippen LogP contribution in [-0.2, 0) is 14.3 Å². The number of nitrogens with one attached hydrogen (secondary N) is 1. The molecule has 102 valence electrons. The Morgan fingerprint density at radius 3 is 2.37 bits per heavy atom. The molecule has 0 aliphatic heterocycles. The zero-order valence-corrected chi connectivity index (χ0v) is 10.7. The van der Waals surface area contributed by atoms with Crippen LogP contribution >= 0.6 is 0 Å². The van der Waals surface area contributed by atoms with Crippen molar-refractivity contribution in [3.8, 4) is 0 Å². The monoisotopic (exact) mass is 265 g/mol. The second-order valence-corrected chi connectivity index (χ2v) is 3.76. The lowest BCUT2D eigenvalue weighted by Crippen LogP contribution is -2.99. The van der Waals surface area contributed by atoms with E-state index in [4.69, 9.17) is 9.94 Å². The van der Waals surface area contributed by atoms with Crippen LogP contribution in [0.1, 0.15) is 19.4 Å². The highest BCUT2D eigenvalue weighted by Gasteiger charge is 2.15. The lowest BCUT2D eigenvalue weighted by atomic mass is 10.1. The second-order valence-electron chi connectivity index (χ2n) is 3.76. The van der Waals surface area contributed by atoms with Crippen molar-refractivity contribution in [3.05, 3.63) is 40.6 Å². The van der Waals surface area contributed by atoms with E-state index < -0.39 is 17.0 Å². The summed E-state index contributed by atoms with van der Waals surface area (Å²) in [6.07, 6.45) is 1.38. The van der Waals surface area contributed by atoms with Gasteiger partial charge in [-0.15, -0.1) is 0 Å². The van der Waals surface area contributed by atoms with Gasteiger partial charge in [0, 0.05) is 12.1 Å². The van der Waals surface area contributed by atoms with E-state index in [1.807, 2.05) is 0 Å². The van der Waals surface area contributed by atoms with Gasteiger partial charge in [-0.05, 0) is 37.6 Å². The molecule has 0 amide bonds. The van der Waals surface area contributed by atoms with E-state index in [1.54, 1.807) is 6.92 Å². The molecule has 0 radical (unpaired) electrons. The first-order valence-corrected chi connectivity index (χ1v) is 5.68. The molecule has 1 aromatic carbocycles. The molecule has 0 heterocycles. The third-order valence-electron chi connectivity index (χ3n) is 2.34. The number of carbonyl (C=O) groups is 2. The molecule has 0 fully saturated rings. The van der Waals surface area contributed by atoms with E-state index in [2.05, 4.69) is 0 Å². The standard InChI is InChI=1S/C13H15NO5/c1-3-19-13(16)12(9(2)15)8-10-4-6-11(7-5-10)14(17)18/h4-8,14,17H,3H2,1-2H3/b12-8-. The molecule has 6 heteroatoms. The summed E-state index contributed by atoms with van der Waals surface area (Å²) in [5.41, 5.74) is 0.630. The Hall–Kier alpha value is -2.02. The summed E-state index contributed by atoms with van der Waals surface area (Å²) in [7, 11) is 0. The van der Waals surface area contributed by atoms with Gasteiger partial charge in [-0.1, -0.05) is 0 Å². The lowest BCUT2D eigenvalue weighted by Gasteiger charge is -2.11. The van der Waals surface area contributed by atoms with Crippen molar-refractivity contribution >= 4 is 23.5 Å². The third-order valence-corrected chi connectivity index (χ3v) is 2.34. The highest BCUT2D eigenvalue weighted by Crippen LogP contribution is 2.12. The van der Waals surface area contributed by atoms with E-state index in [9.17, 15) is 14.8 Å². The Morgan fingerprint density at radius 2 is 1.95 bits per heavy atom. The fourth-order valence-electron chi connectivity index (χ4n) is 1.40. The van der Waals surface area contributed by atoms with E-state index in [0.29, 0.717) is 5.56 Å². The predicted octanol–water partition coefficient (Wildman–Crippen LogP) is 0.626. The number of Topliss-reactive ketones (excluding diaryl/α,β-unsaturated/α-hetero) is 1. The number of esters is 1. The Kier molecular flexibility index (Phi) is 5.37. The van der Waals surface area contributed by atoms with Crippen molar-refractivity contribution in [1.82, 2.24) is 0 Å². The molecule has 19 heavy (non-hydrogen) atoms. The minimum atomic E-state index is -1.03. The van der Waals surface area contributed by atoms with Gasteiger partial charge < -0.3 is 9.94 Å². The van der Waals surface area contributed by atoms with Gasteiger partial charge in [-0.3, -0.25) is 4.79 Å². The van der Waals surface area contributed by atoms with E-state index in [0.717, 1.165) is 0 Å². The Bertz CT molecular complexity index is 490. The maximum Gasteiger partial charge on any atom is 0.341 e. The van der Waals surface area contributed by atoms with Gasteiger partial charge in [0.05, 0.1) is 6.61 Å². The van der Waals surface area contributed by atoms with Crippen LogP contribution in [0.3, 0.4) is 0 Å². The number of hydrogen-bond acceptors (Lipinski definition) is 5. The molecule has 1 aromatic rings. The molecule has 0 saturated carbocycles. The van der Waals surface area contributed by atoms with Crippen LogP contribution in [0.15, 0.2) is 29.8 Å². The number of rotatable bonds is 5. The smallest absolute Gasteiger partial charge is 0.341 e. The van der Waals surface area contributed by atoms with Gasteiger partial charge in [0.1, 0.15) is 5.57 Å². The van der Waals surface area contributed by atoms with Gasteiger partial charge >= 0.3 is 5.97 Å². The summed E-state index contributed by atoms with van der Waals surface area (Å²) in [5, 5.41) is 18.4. The molecule has 0 saturated heterocycles. The maximum absolute atomic E-state index is 11.6. The topological polar surface area (TPSA) is 91.1 Å². The zero-order valence-electron chi connectivity index (χ0n) is 10.7. The third kappa shape index (κ3) is 4.29. The number of quaternary nitrogens is 1. The van der Waals surface area contributed by atoms with E-state index >= 15 is 0 Å². The lowest BCUT2D eigenvalue weighted by molar-refractivity contribution is -0.991. The van der Waals surface area contributed by atoms with Crippen LogP contribution in [0, 0.1) is 5.21 Å². The Balaban J connectivity index is 3.02. The minimum Gasteiger partial charge on any atom is -0.595 e. The Morgan fingerprint density at radius 1 is 1.37 bits per heavy atom. The first-order valence-electron chi connectivity index (χ1n) is 5.68. The molecule has 1 rings (SSSR count). The van der Waals surface area contributed by atoms with Crippen molar-refractivity contribution in [2.75, 3.05) is 6.61 Å². The molecule has 0 aliphatic carbocycles. The first-order chi connectivity index (χ1) is 8.95. The van der Waals surface area contributed by atoms with Gasteiger partial charge in [-0.25, -0.2) is 10.0 Å². The summed E-state index contributed by atoms with van der Waals surface area (Å²) in [6, 6.07) is 5.84. The Labute approximate surface area is 110 Å². The average Bonchev–Trinajstić information content (AvgIpc) is 2.36. The summed E-state index contributed by atoms with van der Waals surface area (Å²) in [4.78, 5) is 22.9. The molecule has 2 N–H and O–H groups in total. The largest absolute Gasteiger partial charge is 0.595 e. The van der Waals surface area contributed by atoms with Crippen LogP contribution in [0.4, 0.5) is 5.69 Å². The highest BCUT2D eigenvalue weighted by atomic mass is 16.8. The molecule has 1 unspecified atom stereocenters. The van der Waals surface area contributed by atoms with Crippen molar-refractivity contribution < 1.29 is 24.8 Å². The molecular formula is C13H15NO5. The van der Waals surface area contributed by atoms with Crippen LogP contribution in [0.2, 0.25) is 0 Å². The molecule has 0 spiro atoms. The zero-order chi connectivity index (χ0) is 14.4. The van der Waals surface area contributed by atoms with Crippen molar-refractivity contribution in [2.45, 2.75) is 13.8 Å². The fourth-order valence-corrected chi connectivity index (χ4v) is 1.40. The van der Waals surface area contributed by atoms with Crippen molar-refractivity contribution in [3.63, 3.8) is 0 Å². The number of ketones is 1. The van der Waals surface area contributed by atoms with Gasteiger partial charge in [0.2, 0.25) is 0 Å². The van der Waals surface area contributed by atoms with Crippen molar-refractivity contribution in [2.24, 2.45) is 0 Å². The van der Waals surface area contributed by atoms with Crippen molar-refractivity contribution in [1.29, 1.82) is 0 Å². The number of carbonyl (C=O) groups excluding carboxylic acids is 2. The van der Waals surface area contributed by atoms with E-state index in [1.165, 1.54) is 37.3 Å². The molecule has 6 nitrogen and oxygen atoms in total. The summed E-state index contributed by atoms with van der Waals surface area (Å²) in [6.45, 7) is 3.10. The van der Waals surface area contributed by atoms with Gasteiger partial charge in [-0.2, -0.15) is 5.23 Å². The van der Waals surface area contributed by atoms with E-state index in [-0.39, 0.29) is 17.9 Å². The predicted molar refractivity (Wildman–Crippen MR) is 67.5 cm³/mol. The quantitative estimate of drug-likeness (QED) is 0.268. The number of ether oxygens (including phenoxy) is 1. The van der Waals surface area contributed by atoms with Gasteiger partial charge in [0.25, 0.3) is 0 Å². The fraction of sp³-hybridized carbons (Fsp3) is 0.231. The van der Waals surface area contributed by atoms with Crippen LogP contribution in [0.25, 0.3) is 6.08 Å². The van der Waals surface area contributed by atoms with Crippen LogP contribution < -0.4 is 5.23 Å². The van der Waals surface area contributed by atoms with Gasteiger partial charge in [0.15, 0.2) is 11.5 Å². The molecule has 1 atom stereocenters. The molecular weight excluding hydrogens is 250 g/mol. The summed E-state index contributed by atoms with van der Waals surface area (Å²) in [5.74, 6) is -1.09. The molecule has 0 bridgehead atoms. The van der Waals surface area contributed by atoms with Crippen LogP contribution in [-0.4, -0.2) is 23.6 Å². The molecule has 0 aliphatic rings. The SMILES string of the molecule is CCOC(=O)/C(=C\c1ccc([NH+]([O-])O)cc1)C(C)=O. The first kappa shape index (κ1) is 15.0. The average molecular weight is 265 g/mol.